The Hall–Kier alpha value is -1.86. The number of ether oxygens (including phenoxy) is 1. The van der Waals surface area contributed by atoms with Gasteiger partial charge in [0, 0.05) is 4.48 Å². The molecule has 1 aromatic carbocycles. The average Bonchev–Trinajstić information content (AvgIpc) is 2.46. The Morgan fingerprint density at radius 3 is 2.70 bits per heavy atom. The Balaban J connectivity index is 2.76. The molecular weight excluding hydrogens is 318 g/mol. The van der Waals surface area contributed by atoms with E-state index in [1.165, 1.54) is 6.08 Å². The Kier molecular flexibility index (Phi) is 7.38. The van der Waals surface area contributed by atoms with E-state index in [1.807, 2.05) is 49.4 Å². The lowest BCUT2D eigenvalue weighted by atomic mass is 10.2. The number of hydrogen-bond acceptors (Lipinski definition) is 3. The summed E-state index contributed by atoms with van der Waals surface area (Å²) in [6.07, 6.45) is 5.04. The fourth-order valence-electron chi connectivity index (χ4n) is 1.41. The minimum atomic E-state index is -0.584. The number of carbonyl (C=O) groups excluding carboxylic acids is 1. The van der Waals surface area contributed by atoms with E-state index in [-0.39, 0.29) is 5.57 Å². The van der Waals surface area contributed by atoms with Crippen molar-refractivity contribution in [1.82, 2.24) is 0 Å². The number of benzene rings is 1. The van der Waals surface area contributed by atoms with Gasteiger partial charge in [-0.05, 0) is 24.1 Å². The van der Waals surface area contributed by atoms with Crippen molar-refractivity contribution in [3.8, 4) is 6.07 Å². The lowest BCUT2D eigenvalue weighted by Crippen LogP contribution is -2.07. The van der Waals surface area contributed by atoms with Crippen LogP contribution in [0.3, 0.4) is 0 Å². The van der Waals surface area contributed by atoms with Gasteiger partial charge in [-0.15, -0.1) is 0 Å². The number of esters is 1. The SMILES string of the molecule is CCCCOC(=O)/C(C#N)=C/C(Br)=C/c1ccccc1. The average molecular weight is 334 g/mol. The van der Waals surface area contributed by atoms with Gasteiger partial charge in [-0.25, -0.2) is 4.79 Å². The predicted octanol–water partition coefficient (Wildman–Crippen LogP) is 4.22. The summed E-state index contributed by atoms with van der Waals surface area (Å²) in [5.41, 5.74) is 0.965. The summed E-state index contributed by atoms with van der Waals surface area (Å²) >= 11 is 3.33. The van der Waals surface area contributed by atoms with Crippen LogP contribution in [0.5, 0.6) is 0 Å². The van der Waals surface area contributed by atoms with Crippen LogP contribution in [0.2, 0.25) is 0 Å². The third-order valence-electron chi connectivity index (χ3n) is 2.46. The number of nitrogens with zero attached hydrogens (tertiary/aromatic N) is 1. The fraction of sp³-hybridized carbons (Fsp3) is 0.250. The van der Waals surface area contributed by atoms with Gasteiger partial charge < -0.3 is 4.74 Å². The molecule has 0 N–H and O–H groups in total. The zero-order valence-electron chi connectivity index (χ0n) is 11.3. The van der Waals surface area contributed by atoms with Crippen LogP contribution in [0.4, 0.5) is 0 Å². The maximum atomic E-state index is 11.7. The number of rotatable bonds is 6. The molecule has 0 heterocycles. The van der Waals surface area contributed by atoms with Crippen LogP contribution < -0.4 is 0 Å². The molecule has 20 heavy (non-hydrogen) atoms. The molecule has 0 amide bonds. The van der Waals surface area contributed by atoms with Gasteiger partial charge in [-0.3, -0.25) is 0 Å². The van der Waals surface area contributed by atoms with E-state index in [1.54, 1.807) is 0 Å². The van der Waals surface area contributed by atoms with Gasteiger partial charge in [0.1, 0.15) is 11.6 Å². The highest BCUT2D eigenvalue weighted by Crippen LogP contribution is 2.16. The summed E-state index contributed by atoms with van der Waals surface area (Å²) in [5.74, 6) is -0.584. The quantitative estimate of drug-likeness (QED) is 0.257. The number of carbonyl (C=O) groups is 1. The maximum Gasteiger partial charge on any atom is 0.348 e. The highest BCUT2D eigenvalue weighted by Gasteiger charge is 2.10. The summed E-state index contributed by atoms with van der Waals surface area (Å²) in [6.45, 7) is 2.35. The van der Waals surface area contributed by atoms with Crippen LogP contribution in [0.25, 0.3) is 6.08 Å². The summed E-state index contributed by atoms with van der Waals surface area (Å²) in [7, 11) is 0. The molecule has 0 aliphatic heterocycles. The smallest absolute Gasteiger partial charge is 0.348 e. The first-order valence-corrected chi connectivity index (χ1v) is 7.18. The zero-order chi connectivity index (χ0) is 14.8. The second-order valence-electron chi connectivity index (χ2n) is 4.10. The second-order valence-corrected chi connectivity index (χ2v) is 5.01. The first-order chi connectivity index (χ1) is 9.67. The van der Waals surface area contributed by atoms with E-state index >= 15 is 0 Å². The lowest BCUT2D eigenvalue weighted by Gasteiger charge is -2.02. The molecule has 104 valence electrons. The van der Waals surface area contributed by atoms with Gasteiger partial charge in [-0.2, -0.15) is 5.26 Å². The first kappa shape index (κ1) is 16.2. The number of halogens is 1. The molecule has 3 nitrogen and oxygen atoms in total. The van der Waals surface area contributed by atoms with Crippen molar-refractivity contribution >= 4 is 28.0 Å². The summed E-state index contributed by atoms with van der Waals surface area (Å²) in [6, 6.07) is 11.5. The van der Waals surface area contributed by atoms with E-state index < -0.39 is 5.97 Å². The summed E-state index contributed by atoms with van der Waals surface area (Å²) in [4.78, 5) is 11.7. The Morgan fingerprint density at radius 1 is 1.40 bits per heavy atom. The highest BCUT2D eigenvalue weighted by molar-refractivity contribution is 9.12. The van der Waals surface area contributed by atoms with Gasteiger partial charge in [-0.1, -0.05) is 59.6 Å². The van der Waals surface area contributed by atoms with E-state index in [2.05, 4.69) is 15.9 Å². The molecule has 0 bridgehead atoms. The molecule has 0 fully saturated rings. The van der Waals surface area contributed by atoms with Crippen molar-refractivity contribution in [1.29, 1.82) is 5.26 Å². The fourth-order valence-corrected chi connectivity index (χ4v) is 1.91. The van der Waals surface area contributed by atoms with Gasteiger partial charge in [0.15, 0.2) is 0 Å². The molecule has 4 heteroatoms. The van der Waals surface area contributed by atoms with E-state index in [0.717, 1.165) is 18.4 Å². The van der Waals surface area contributed by atoms with Gasteiger partial charge in [0.2, 0.25) is 0 Å². The Labute approximate surface area is 127 Å². The molecule has 0 spiro atoms. The molecule has 0 aliphatic rings. The van der Waals surface area contributed by atoms with Gasteiger partial charge in [0.25, 0.3) is 0 Å². The van der Waals surface area contributed by atoms with E-state index in [4.69, 9.17) is 10.00 Å². The van der Waals surface area contributed by atoms with E-state index in [9.17, 15) is 4.79 Å². The van der Waals surface area contributed by atoms with Gasteiger partial charge in [0.05, 0.1) is 6.61 Å². The normalized spacial score (nSPS) is 11.8. The van der Waals surface area contributed by atoms with E-state index in [0.29, 0.717) is 11.1 Å². The van der Waals surface area contributed by atoms with Crippen LogP contribution in [0, 0.1) is 11.3 Å². The zero-order valence-corrected chi connectivity index (χ0v) is 12.9. The molecule has 0 aliphatic carbocycles. The second kappa shape index (κ2) is 9.11. The third-order valence-corrected chi connectivity index (χ3v) is 2.92. The molecule has 1 rings (SSSR count). The van der Waals surface area contributed by atoms with Crippen LogP contribution in [0.1, 0.15) is 25.3 Å². The third kappa shape index (κ3) is 5.85. The van der Waals surface area contributed by atoms with Crippen LogP contribution in [0.15, 0.2) is 46.5 Å². The molecule has 0 aromatic heterocycles. The number of hydrogen-bond donors (Lipinski definition) is 0. The molecule has 0 unspecified atom stereocenters. The summed E-state index contributed by atoms with van der Waals surface area (Å²) in [5, 5.41) is 9.00. The molecule has 0 atom stereocenters. The van der Waals surface area contributed by atoms with Crippen molar-refractivity contribution < 1.29 is 9.53 Å². The largest absolute Gasteiger partial charge is 0.462 e. The monoisotopic (exact) mass is 333 g/mol. The first-order valence-electron chi connectivity index (χ1n) is 6.38. The molecule has 0 saturated heterocycles. The van der Waals surface area contributed by atoms with Crippen molar-refractivity contribution in [2.45, 2.75) is 19.8 Å². The Morgan fingerprint density at radius 2 is 2.10 bits per heavy atom. The summed E-state index contributed by atoms with van der Waals surface area (Å²) < 4.78 is 5.65. The van der Waals surface area contributed by atoms with Gasteiger partial charge >= 0.3 is 5.97 Å². The minimum absolute atomic E-state index is 0.0137. The number of unbranched alkanes of at least 4 members (excludes halogenated alkanes) is 1. The van der Waals surface area contributed by atoms with Crippen molar-refractivity contribution in [2.75, 3.05) is 6.61 Å². The lowest BCUT2D eigenvalue weighted by molar-refractivity contribution is -0.138. The van der Waals surface area contributed by atoms with Crippen molar-refractivity contribution in [3.05, 3.63) is 52.0 Å². The molecule has 0 radical (unpaired) electrons. The number of allylic oxidation sites excluding steroid dienone is 2. The van der Waals surface area contributed by atoms with Crippen LogP contribution in [-0.2, 0) is 9.53 Å². The van der Waals surface area contributed by atoms with Crippen molar-refractivity contribution in [2.24, 2.45) is 0 Å². The van der Waals surface area contributed by atoms with Crippen molar-refractivity contribution in [3.63, 3.8) is 0 Å². The molecule has 1 aromatic rings. The minimum Gasteiger partial charge on any atom is -0.462 e. The molecular formula is C16H16BrNO2. The van der Waals surface area contributed by atoms with Crippen LogP contribution in [-0.4, -0.2) is 12.6 Å². The standard InChI is InChI=1S/C16H16BrNO2/c1-2-3-9-20-16(19)14(12-18)11-15(17)10-13-7-5-4-6-8-13/h4-8,10-11H,2-3,9H2,1H3/b14-11+,15-10-. The number of nitriles is 1. The predicted molar refractivity (Wildman–Crippen MR) is 82.9 cm³/mol. The maximum absolute atomic E-state index is 11.7. The topological polar surface area (TPSA) is 50.1 Å². The highest BCUT2D eigenvalue weighted by atomic mass is 79.9. The Bertz CT molecular complexity index is 541. The molecule has 0 saturated carbocycles. The van der Waals surface area contributed by atoms with Crippen LogP contribution >= 0.6 is 15.9 Å².